The lowest BCUT2D eigenvalue weighted by molar-refractivity contribution is 0.318. The van der Waals surface area contributed by atoms with E-state index in [0.29, 0.717) is 134 Å². The van der Waals surface area contributed by atoms with E-state index in [4.69, 9.17) is 9.98 Å². The van der Waals surface area contributed by atoms with Crippen molar-refractivity contribution in [2.45, 2.75) is 161 Å². The van der Waals surface area contributed by atoms with E-state index >= 15 is 0 Å². The molecule has 9 aliphatic heterocycles. The van der Waals surface area contributed by atoms with Gasteiger partial charge >= 0.3 is 0 Å². The number of nitrogens with one attached hydrogen (secondary N) is 1. The van der Waals surface area contributed by atoms with Gasteiger partial charge in [-0.3, -0.25) is 57.0 Å². The second-order valence-corrected chi connectivity index (χ2v) is 29.7. The predicted molar refractivity (Wildman–Crippen MR) is 395 cm³/mol. The summed E-state index contributed by atoms with van der Waals surface area (Å²) >= 11 is 0. The lowest BCUT2D eigenvalue weighted by atomic mass is 9.89. The summed E-state index contributed by atoms with van der Waals surface area (Å²) in [5.41, 5.74) is 0.386. The van der Waals surface area contributed by atoms with Gasteiger partial charge in [0.05, 0.1) is 43.4 Å². The molecule has 0 bridgehead atoms. The molecule has 7 fully saturated rings. The second-order valence-electron chi connectivity index (χ2n) is 29.7. The van der Waals surface area contributed by atoms with Crippen LogP contribution in [0.15, 0.2) is 69.1 Å². The first-order valence-electron chi connectivity index (χ1n) is 38.4. The topological polar surface area (TPSA) is 222 Å². The normalized spacial score (nSPS) is 19.4. The number of benzene rings is 4. The maximum absolute atomic E-state index is 14.6. The van der Waals surface area contributed by atoms with Crippen molar-refractivity contribution in [2.75, 3.05) is 162 Å². The zero-order valence-electron chi connectivity index (χ0n) is 58.7. The van der Waals surface area contributed by atoms with E-state index in [1.54, 1.807) is 24.3 Å². The molecule has 0 spiro atoms. The van der Waals surface area contributed by atoms with Crippen LogP contribution in [0.4, 0.5) is 5.69 Å². The summed E-state index contributed by atoms with van der Waals surface area (Å²) in [7, 11) is 0. The Kier molecular flexibility index (Phi) is 22.3. The van der Waals surface area contributed by atoms with Gasteiger partial charge in [-0.15, -0.1) is 0 Å². The van der Waals surface area contributed by atoms with Gasteiger partial charge in [-0.2, -0.15) is 0 Å². The summed E-state index contributed by atoms with van der Waals surface area (Å²) in [6.45, 7) is 24.8. The van der Waals surface area contributed by atoms with Crippen LogP contribution in [-0.4, -0.2) is 220 Å². The smallest absolute Gasteiger partial charge is 0.263 e. The van der Waals surface area contributed by atoms with Crippen molar-refractivity contribution in [3.8, 4) is 34.0 Å². The Morgan fingerprint density at radius 3 is 1.11 bits per heavy atom. The van der Waals surface area contributed by atoms with Crippen molar-refractivity contribution in [1.82, 2.24) is 52.6 Å². The van der Waals surface area contributed by atoms with Gasteiger partial charge in [0.25, 0.3) is 33.4 Å². The number of rotatable bonds is 29. The van der Waals surface area contributed by atoms with Crippen LogP contribution in [0, 0.1) is 0 Å². The van der Waals surface area contributed by atoms with Crippen LogP contribution in [0.2, 0.25) is 0 Å². The van der Waals surface area contributed by atoms with Gasteiger partial charge in [0.2, 0.25) is 11.8 Å². The highest BCUT2D eigenvalue weighted by molar-refractivity contribution is 6.19. The summed E-state index contributed by atoms with van der Waals surface area (Å²) in [6.07, 6.45) is 22.5. The number of pyridine rings is 4. The molecule has 22 heteroatoms. The summed E-state index contributed by atoms with van der Waals surface area (Å²) in [5, 5.41) is 31.7. The van der Waals surface area contributed by atoms with Crippen LogP contribution in [-0.2, 0) is 26.2 Å². The van der Waals surface area contributed by atoms with Gasteiger partial charge in [-0.05, 0) is 303 Å². The third kappa shape index (κ3) is 14.9. The fourth-order valence-corrected chi connectivity index (χ4v) is 17.8. The lowest BCUT2D eigenvalue weighted by Crippen LogP contribution is -2.37. The van der Waals surface area contributed by atoms with E-state index in [1.165, 1.54) is 108 Å². The first kappa shape index (κ1) is 69.2. The van der Waals surface area contributed by atoms with E-state index in [1.807, 2.05) is 6.07 Å². The zero-order chi connectivity index (χ0) is 67.9. The van der Waals surface area contributed by atoms with Crippen molar-refractivity contribution >= 4 is 48.8 Å². The molecule has 15 rings (SSSR count). The highest BCUT2D eigenvalue weighted by Crippen LogP contribution is 2.41. The second kappa shape index (κ2) is 32.0. The Balaban J connectivity index is 0.000000172. The third-order valence-electron chi connectivity index (χ3n) is 23.1. The largest absolute Gasteiger partial charge is 0.494 e. The summed E-state index contributed by atoms with van der Waals surface area (Å²) < 4.78 is 5.76. The van der Waals surface area contributed by atoms with Crippen molar-refractivity contribution in [1.29, 1.82) is 0 Å². The third-order valence-corrected chi connectivity index (χ3v) is 23.1. The Morgan fingerprint density at radius 1 is 0.313 bits per heavy atom. The number of likely N-dealkylation sites (tertiary alicyclic amines) is 7. The molecule has 2 aliphatic carbocycles. The van der Waals surface area contributed by atoms with E-state index in [2.05, 4.69) is 39.6 Å². The van der Waals surface area contributed by atoms with Gasteiger partial charge in [-0.25, -0.2) is 0 Å². The molecule has 0 radical (unpaired) electrons. The number of anilines is 1. The molecule has 3 N–H and O–H groups in total. The Morgan fingerprint density at radius 2 is 0.657 bits per heavy atom. The fourth-order valence-electron chi connectivity index (χ4n) is 17.8. The molecule has 0 atom stereocenters. The summed E-state index contributed by atoms with van der Waals surface area (Å²) in [6, 6.07) is 8.83. The molecule has 22 nitrogen and oxygen atoms in total. The van der Waals surface area contributed by atoms with Crippen LogP contribution < -0.4 is 49.4 Å². The van der Waals surface area contributed by atoms with Crippen molar-refractivity contribution < 1.29 is 10.2 Å². The van der Waals surface area contributed by atoms with E-state index in [-0.39, 0.29) is 45.1 Å². The summed E-state index contributed by atoms with van der Waals surface area (Å²) in [4.78, 5) is 113. The highest BCUT2D eigenvalue weighted by atomic mass is 16.3. The molecule has 7 saturated heterocycles. The van der Waals surface area contributed by atoms with Crippen molar-refractivity contribution in [3.05, 3.63) is 103 Å². The standard InChI is InChI=1S/C42H60N8O4.C35H46N6O4/c51-39-31-29-33(43-13-9-23-45-15-1-2-16-45)37-35-32(40(52)49(41(37)53)27-11-25-47-19-5-6-20-47)30-34(44-14-10-24-46-17-3-4-18-46)38(36(31)35)42(54)50(39)28-12-26-48-21-7-8-22-48;42-32-25-10-11-26-30-29(25)27(34(44)40(32)22-8-20-38-15-3-4-16-38)24-28(36-12-7-19-37-13-1-2-14-37)31(30)35(45)41(33(26)43)23-9-21-39-17-5-6-18-39/h29-30,43,54H,1-28H2;10-11,24,43H,1-9,12-23H2. The molecule has 2 aromatic carbocycles. The number of aromatic nitrogens is 4. The van der Waals surface area contributed by atoms with Gasteiger partial charge < -0.3 is 49.8 Å². The lowest BCUT2D eigenvalue weighted by Gasteiger charge is -2.23. The van der Waals surface area contributed by atoms with Crippen molar-refractivity contribution in [2.24, 2.45) is 9.98 Å². The number of aromatic hydroxyl groups is 2. The molecule has 11 aliphatic rings. The average molecular weight is 1360 g/mol. The molecule has 0 unspecified atom stereocenters. The average Bonchev–Trinajstić information content (AvgIpc) is 1.34. The molecular weight excluding hydrogens is 1250 g/mol. The Labute approximate surface area is 579 Å². The SMILES string of the molecule is O=c1c2c(=NCCCN3CCCC3)cc3c(=O)n(CCCN4CCCC4)c(=O)c4ccc(c(O)n1CCCN1CCCC1)c2c4-3.O=c1c2cc(NCCCN3CCCC3)c3c4c2c(c(O)n1CCCN1CCCC1)c(=NCCCN1CCCC1)cc-4c(=O)n(CCCN1CCCC1)c3=O. The molecule has 4 aromatic rings. The first-order chi connectivity index (χ1) is 48.5. The monoisotopic (exact) mass is 1350 g/mol. The van der Waals surface area contributed by atoms with Gasteiger partial charge in [-0.1, -0.05) is 0 Å². The van der Waals surface area contributed by atoms with Gasteiger partial charge in [0.1, 0.15) is 0 Å². The Bertz CT molecular complexity index is 4510. The minimum Gasteiger partial charge on any atom is -0.494 e. The molecule has 532 valence electrons. The van der Waals surface area contributed by atoms with Crippen LogP contribution in [0.1, 0.15) is 135 Å². The van der Waals surface area contributed by atoms with E-state index in [0.717, 1.165) is 176 Å². The van der Waals surface area contributed by atoms with Crippen LogP contribution >= 0.6 is 0 Å². The zero-order valence-corrected chi connectivity index (χ0v) is 58.7. The first-order valence-corrected chi connectivity index (χ1v) is 38.4. The molecule has 0 amide bonds. The van der Waals surface area contributed by atoms with Gasteiger partial charge in [0.15, 0.2) is 0 Å². The van der Waals surface area contributed by atoms with Crippen LogP contribution in [0.25, 0.3) is 65.3 Å². The molecule has 2 aromatic heterocycles. The number of nitrogens with zero attached hydrogens (tertiary/aromatic N) is 13. The molecular formula is C77H106N14O8. The maximum Gasteiger partial charge on any atom is 0.263 e. The van der Waals surface area contributed by atoms with Crippen molar-refractivity contribution in [3.63, 3.8) is 0 Å². The minimum atomic E-state index is -0.342. The van der Waals surface area contributed by atoms with Crippen LogP contribution in [0.3, 0.4) is 0 Å². The van der Waals surface area contributed by atoms with E-state index < -0.39 is 0 Å². The summed E-state index contributed by atoms with van der Waals surface area (Å²) in [5.74, 6) is -0.227. The molecule has 11 heterocycles. The Hall–Kier alpha value is -6.92. The quantitative estimate of drug-likeness (QED) is 0.0344. The van der Waals surface area contributed by atoms with Gasteiger partial charge in [0, 0.05) is 84.2 Å². The number of hydrogen-bond acceptors (Lipinski definition) is 18. The highest BCUT2D eigenvalue weighted by Gasteiger charge is 2.32. The number of hydrogen-bond donors (Lipinski definition) is 3. The minimum absolute atomic E-state index is 0.106. The van der Waals surface area contributed by atoms with Crippen LogP contribution in [0.5, 0.6) is 11.8 Å². The molecule has 0 saturated carbocycles. The predicted octanol–water partition coefficient (Wildman–Crippen LogP) is 6.34. The fraction of sp³-hybridized carbons (Fsp3) is 0.636. The maximum atomic E-state index is 14.6. The van der Waals surface area contributed by atoms with E-state index in [9.17, 15) is 39.0 Å². The molecule has 99 heavy (non-hydrogen) atoms.